The summed E-state index contributed by atoms with van der Waals surface area (Å²) in [7, 11) is 1.56. The van der Waals surface area contributed by atoms with Gasteiger partial charge in [-0.3, -0.25) is 0 Å². The van der Waals surface area contributed by atoms with Gasteiger partial charge in [-0.1, -0.05) is 0 Å². The van der Waals surface area contributed by atoms with Crippen LogP contribution in [0.2, 0.25) is 0 Å². The summed E-state index contributed by atoms with van der Waals surface area (Å²) in [6.07, 6.45) is -1.67. The third-order valence-corrected chi connectivity index (χ3v) is 2.61. The van der Waals surface area contributed by atoms with E-state index in [0.717, 1.165) is 0 Å². The van der Waals surface area contributed by atoms with Crippen molar-refractivity contribution in [3.8, 4) is 5.75 Å². The Morgan fingerprint density at radius 2 is 1.95 bits per heavy atom. The summed E-state index contributed by atoms with van der Waals surface area (Å²) in [5.41, 5.74) is 0.209. The van der Waals surface area contributed by atoms with E-state index in [4.69, 9.17) is 14.2 Å². The maximum Gasteiger partial charge on any atom is 0.132 e. The molecule has 0 aliphatic heterocycles. The molecule has 114 valence electrons. The molecule has 0 amide bonds. The number of halogens is 1. The monoisotopic (exact) mass is 288 g/mol. The van der Waals surface area contributed by atoms with Crippen molar-refractivity contribution in [3.63, 3.8) is 0 Å². The van der Waals surface area contributed by atoms with E-state index in [0.29, 0.717) is 19.0 Å². The summed E-state index contributed by atoms with van der Waals surface area (Å²) in [5, 5.41) is 18.9. The van der Waals surface area contributed by atoms with Gasteiger partial charge in [-0.25, -0.2) is 4.39 Å². The van der Waals surface area contributed by atoms with Gasteiger partial charge in [0, 0.05) is 18.7 Å². The third-order valence-electron chi connectivity index (χ3n) is 2.61. The van der Waals surface area contributed by atoms with Gasteiger partial charge < -0.3 is 24.4 Å². The zero-order valence-electron chi connectivity index (χ0n) is 11.7. The molecule has 0 aliphatic rings. The van der Waals surface area contributed by atoms with Gasteiger partial charge in [0.05, 0.1) is 25.9 Å². The molecule has 0 bridgehead atoms. The third kappa shape index (κ3) is 5.83. The van der Waals surface area contributed by atoms with Crippen LogP contribution in [0.4, 0.5) is 4.39 Å². The van der Waals surface area contributed by atoms with Gasteiger partial charge in [0.2, 0.25) is 0 Å². The van der Waals surface area contributed by atoms with Crippen LogP contribution in [-0.4, -0.2) is 49.9 Å². The number of hydrogen-bond acceptors (Lipinski definition) is 5. The van der Waals surface area contributed by atoms with Gasteiger partial charge in [0.15, 0.2) is 0 Å². The predicted octanol–water partition coefficient (Wildman–Crippen LogP) is 1.28. The molecule has 2 N–H and O–H groups in total. The maximum atomic E-state index is 13.6. The molecule has 0 saturated carbocycles. The Bertz CT molecular complexity index is 397. The molecule has 0 saturated heterocycles. The molecule has 5 nitrogen and oxygen atoms in total. The normalized spacial score (nSPS) is 14.1. The quantitative estimate of drug-likeness (QED) is 0.670. The Morgan fingerprint density at radius 1 is 1.20 bits per heavy atom. The van der Waals surface area contributed by atoms with Crippen LogP contribution < -0.4 is 4.74 Å². The summed E-state index contributed by atoms with van der Waals surface area (Å²) in [5.74, 6) is -0.244. The number of benzene rings is 1. The van der Waals surface area contributed by atoms with Gasteiger partial charge in [-0.15, -0.1) is 0 Å². The standard InChI is InChI=1S/C14H21FO5/c1-10(16)13-4-3-12(7-14(13)15)20-9-11(17)8-19-6-5-18-2/h3-4,7,10-11,16-17H,5-6,8-9H2,1-2H3. The van der Waals surface area contributed by atoms with Crippen LogP contribution in [0.15, 0.2) is 18.2 Å². The smallest absolute Gasteiger partial charge is 0.132 e. The molecule has 0 heterocycles. The van der Waals surface area contributed by atoms with Crippen molar-refractivity contribution in [1.82, 2.24) is 0 Å². The van der Waals surface area contributed by atoms with E-state index in [-0.39, 0.29) is 18.8 Å². The highest BCUT2D eigenvalue weighted by molar-refractivity contribution is 5.30. The molecule has 0 fully saturated rings. The van der Waals surface area contributed by atoms with Crippen molar-refractivity contribution in [2.24, 2.45) is 0 Å². The Hall–Kier alpha value is -1.21. The number of aliphatic hydroxyl groups excluding tert-OH is 2. The lowest BCUT2D eigenvalue weighted by molar-refractivity contribution is -0.00424. The van der Waals surface area contributed by atoms with E-state index in [9.17, 15) is 14.6 Å². The summed E-state index contributed by atoms with van der Waals surface area (Å²) >= 11 is 0. The summed E-state index contributed by atoms with van der Waals surface area (Å²) in [6, 6.07) is 4.18. The highest BCUT2D eigenvalue weighted by Gasteiger charge is 2.10. The predicted molar refractivity (Wildman–Crippen MR) is 71.2 cm³/mol. The maximum absolute atomic E-state index is 13.6. The molecular formula is C14H21FO5. The molecular weight excluding hydrogens is 267 g/mol. The Kier molecular flexibility index (Phi) is 7.46. The number of rotatable bonds is 9. The average molecular weight is 288 g/mol. The molecule has 2 unspecified atom stereocenters. The van der Waals surface area contributed by atoms with Gasteiger partial charge in [0.25, 0.3) is 0 Å². The molecule has 0 aromatic heterocycles. The molecule has 1 aromatic rings. The van der Waals surface area contributed by atoms with Crippen molar-refractivity contribution < 1.29 is 28.8 Å². The minimum absolute atomic E-state index is 0.000444. The topological polar surface area (TPSA) is 68.2 Å². The van der Waals surface area contributed by atoms with Crippen LogP contribution in [0.3, 0.4) is 0 Å². The van der Waals surface area contributed by atoms with Gasteiger partial charge in [0.1, 0.15) is 24.3 Å². The average Bonchev–Trinajstić information content (AvgIpc) is 2.41. The Labute approximate surface area is 117 Å². The lowest BCUT2D eigenvalue weighted by atomic mass is 10.1. The second-order valence-corrected chi connectivity index (χ2v) is 4.39. The van der Waals surface area contributed by atoms with Crippen LogP contribution in [0, 0.1) is 5.82 Å². The van der Waals surface area contributed by atoms with Crippen molar-refractivity contribution in [3.05, 3.63) is 29.6 Å². The van der Waals surface area contributed by atoms with Crippen molar-refractivity contribution in [1.29, 1.82) is 0 Å². The lowest BCUT2D eigenvalue weighted by Gasteiger charge is -2.14. The number of methoxy groups -OCH3 is 1. The molecule has 1 rings (SSSR count). The van der Waals surface area contributed by atoms with Gasteiger partial charge in [-0.2, -0.15) is 0 Å². The van der Waals surface area contributed by atoms with Gasteiger partial charge >= 0.3 is 0 Å². The number of hydrogen-bond donors (Lipinski definition) is 2. The second kappa shape index (κ2) is 8.86. The first-order valence-electron chi connectivity index (χ1n) is 6.39. The van der Waals surface area contributed by atoms with Crippen LogP contribution in [0.5, 0.6) is 5.75 Å². The molecule has 2 atom stereocenters. The van der Waals surface area contributed by atoms with E-state index >= 15 is 0 Å². The zero-order chi connectivity index (χ0) is 15.0. The zero-order valence-corrected chi connectivity index (χ0v) is 11.7. The minimum Gasteiger partial charge on any atom is -0.491 e. The van der Waals surface area contributed by atoms with Crippen LogP contribution >= 0.6 is 0 Å². The second-order valence-electron chi connectivity index (χ2n) is 4.39. The molecule has 1 aromatic carbocycles. The fourth-order valence-corrected chi connectivity index (χ4v) is 1.54. The lowest BCUT2D eigenvalue weighted by Crippen LogP contribution is -2.24. The van der Waals surface area contributed by atoms with Crippen LogP contribution in [-0.2, 0) is 9.47 Å². The van der Waals surface area contributed by atoms with E-state index in [2.05, 4.69) is 0 Å². The number of aliphatic hydroxyl groups is 2. The van der Waals surface area contributed by atoms with Crippen LogP contribution in [0.25, 0.3) is 0 Å². The Balaban J connectivity index is 2.36. The van der Waals surface area contributed by atoms with Crippen molar-refractivity contribution >= 4 is 0 Å². The van der Waals surface area contributed by atoms with Crippen LogP contribution in [0.1, 0.15) is 18.6 Å². The van der Waals surface area contributed by atoms with E-state index in [1.54, 1.807) is 13.2 Å². The highest BCUT2D eigenvalue weighted by Crippen LogP contribution is 2.21. The fraction of sp³-hybridized carbons (Fsp3) is 0.571. The van der Waals surface area contributed by atoms with E-state index in [1.165, 1.54) is 19.1 Å². The van der Waals surface area contributed by atoms with E-state index in [1.807, 2.05) is 0 Å². The Morgan fingerprint density at radius 3 is 2.55 bits per heavy atom. The SMILES string of the molecule is COCCOCC(O)COc1ccc(C(C)O)c(F)c1. The summed E-state index contributed by atoms with van der Waals surface area (Å²) < 4.78 is 28.8. The highest BCUT2D eigenvalue weighted by atomic mass is 19.1. The van der Waals surface area contributed by atoms with Crippen molar-refractivity contribution in [2.75, 3.05) is 33.5 Å². The first-order valence-corrected chi connectivity index (χ1v) is 6.39. The molecule has 0 aliphatic carbocycles. The number of ether oxygens (including phenoxy) is 3. The molecule has 0 spiro atoms. The molecule has 0 radical (unpaired) electrons. The molecule has 20 heavy (non-hydrogen) atoms. The minimum atomic E-state index is -0.871. The van der Waals surface area contributed by atoms with E-state index < -0.39 is 18.0 Å². The van der Waals surface area contributed by atoms with Gasteiger partial charge in [-0.05, 0) is 19.1 Å². The summed E-state index contributed by atoms with van der Waals surface area (Å²) in [4.78, 5) is 0. The van der Waals surface area contributed by atoms with Crippen molar-refractivity contribution in [2.45, 2.75) is 19.1 Å². The molecule has 6 heteroatoms. The summed E-state index contributed by atoms with van der Waals surface area (Å²) in [6.45, 7) is 2.46. The fourth-order valence-electron chi connectivity index (χ4n) is 1.54. The first-order chi connectivity index (χ1) is 9.54. The largest absolute Gasteiger partial charge is 0.491 e. The first kappa shape index (κ1) is 16.8.